The van der Waals surface area contributed by atoms with Gasteiger partial charge in [0.1, 0.15) is 5.82 Å². The van der Waals surface area contributed by atoms with Gasteiger partial charge < -0.3 is 5.73 Å². The van der Waals surface area contributed by atoms with Crippen LogP contribution < -0.4 is 5.73 Å². The van der Waals surface area contributed by atoms with Crippen LogP contribution in [-0.2, 0) is 12.8 Å². The minimum absolute atomic E-state index is 0.124. The van der Waals surface area contributed by atoms with Gasteiger partial charge in [0.25, 0.3) is 0 Å². The van der Waals surface area contributed by atoms with Crippen LogP contribution in [0.4, 0.5) is 0 Å². The molecule has 1 unspecified atom stereocenters. The highest BCUT2D eigenvalue weighted by molar-refractivity contribution is 5.31. The summed E-state index contributed by atoms with van der Waals surface area (Å²) in [5.41, 5.74) is 11.8. The summed E-state index contributed by atoms with van der Waals surface area (Å²) in [5.74, 6) is 0.879. The summed E-state index contributed by atoms with van der Waals surface area (Å²) in [7, 11) is 0. The van der Waals surface area contributed by atoms with Crippen LogP contribution in [0.5, 0.6) is 0 Å². The second kappa shape index (κ2) is 6.14. The van der Waals surface area contributed by atoms with Crippen molar-refractivity contribution >= 4 is 0 Å². The van der Waals surface area contributed by atoms with Crippen LogP contribution in [-0.4, -0.2) is 16.0 Å². The molecule has 0 saturated heterocycles. The number of hydrogen-bond acceptors (Lipinski definition) is 3. The Morgan fingerprint density at radius 3 is 2.45 bits per heavy atom. The molecular weight excluding hydrogens is 246 g/mol. The van der Waals surface area contributed by atoms with E-state index in [-0.39, 0.29) is 6.04 Å². The van der Waals surface area contributed by atoms with E-state index in [1.807, 2.05) is 19.9 Å². The maximum absolute atomic E-state index is 5.85. The molecule has 0 aliphatic rings. The van der Waals surface area contributed by atoms with Crippen molar-refractivity contribution in [2.45, 2.75) is 46.6 Å². The van der Waals surface area contributed by atoms with Gasteiger partial charge in [-0.25, -0.2) is 9.97 Å². The van der Waals surface area contributed by atoms with E-state index in [9.17, 15) is 0 Å². The normalized spacial score (nSPS) is 12.4. The van der Waals surface area contributed by atoms with Crippen molar-refractivity contribution in [1.82, 2.24) is 9.97 Å². The molecule has 20 heavy (non-hydrogen) atoms. The Kier molecular flexibility index (Phi) is 4.50. The SMILES string of the molecule is Cc1cc(CC(C)N)nc(Cc2ccc(C)c(C)c2)n1. The van der Waals surface area contributed by atoms with Gasteiger partial charge in [-0.15, -0.1) is 0 Å². The number of aryl methyl sites for hydroxylation is 3. The van der Waals surface area contributed by atoms with Gasteiger partial charge in [-0.2, -0.15) is 0 Å². The second-order valence-electron chi connectivity index (χ2n) is 5.69. The van der Waals surface area contributed by atoms with Crippen LogP contribution >= 0.6 is 0 Å². The summed E-state index contributed by atoms with van der Waals surface area (Å²) in [5, 5.41) is 0. The molecule has 0 aliphatic carbocycles. The highest BCUT2D eigenvalue weighted by atomic mass is 14.9. The number of nitrogens with zero attached hydrogens (tertiary/aromatic N) is 2. The third-order valence-electron chi connectivity index (χ3n) is 3.42. The molecule has 0 bridgehead atoms. The van der Waals surface area contributed by atoms with Crippen LogP contribution in [0.3, 0.4) is 0 Å². The van der Waals surface area contributed by atoms with E-state index in [4.69, 9.17) is 5.73 Å². The van der Waals surface area contributed by atoms with E-state index in [0.717, 1.165) is 30.1 Å². The Balaban J connectivity index is 2.24. The number of rotatable bonds is 4. The predicted molar refractivity (Wildman–Crippen MR) is 82.8 cm³/mol. The molecule has 1 aromatic heterocycles. The third kappa shape index (κ3) is 3.87. The maximum atomic E-state index is 5.85. The number of benzene rings is 1. The Morgan fingerprint density at radius 1 is 1.05 bits per heavy atom. The van der Waals surface area contributed by atoms with E-state index in [1.54, 1.807) is 0 Å². The average molecular weight is 269 g/mol. The van der Waals surface area contributed by atoms with Crippen molar-refractivity contribution in [3.8, 4) is 0 Å². The van der Waals surface area contributed by atoms with Crippen LogP contribution in [0.15, 0.2) is 24.3 Å². The Morgan fingerprint density at radius 2 is 1.80 bits per heavy atom. The van der Waals surface area contributed by atoms with Crippen molar-refractivity contribution < 1.29 is 0 Å². The molecule has 2 aromatic rings. The molecule has 106 valence electrons. The first-order valence-electron chi connectivity index (χ1n) is 7.09. The summed E-state index contributed by atoms with van der Waals surface area (Å²) < 4.78 is 0. The molecule has 2 rings (SSSR count). The molecule has 1 aromatic carbocycles. The largest absolute Gasteiger partial charge is 0.328 e. The third-order valence-corrected chi connectivity index (χ3v) is 3.42. The fourth-order valence-electron chi connectivity index (χ4n) is 2.31. The highest BCUT2D eigenvalue weighted by Gasteiger charge is 2.06. The highest BCUT2D eigenvalue weighted by Crippen LogP contribution is 2.13. The quantitative estimate of drug-likeness (QED) is 0.928. The lowest BCUT2D eigenvalue weighted by Gasteiger charge is -2.09. The van der Waals surface area contributed by atoms with Gasteiger partial charge in [-0.3, -0.25) is 0 Å². The van der Waals surface area contributed by atoms with Gasteiger partial charge >= 0.3 is 0 Å². The van der Waals surface area contributed by atoms with Crippen molar-refractivity contribution in [3.63, 3.8) is 0 Å². The minimum Gasteiger partial charge on any atom is -0.328 e. The van der Waals surface area contributed by atoms with Gasteiger partial charge in [0, 0.05) is 30.3 Å². The predicted octanol–water partition coefficient (Wildman–Crippen LogP) is 2.88. The monoisotopic (exact) mass is 269 g/mol. The lowest BCUT2D eigenvalue weighted by Crippen LogP contribution is -2.19. The van der Waals surface area contributed by atoms with Crippen molar-refractivity contribution in [2.75, 3.05) is 0 Å². The Labute approximate surface area is 121 Å². The van der Waals surface area contributed by atoms with Crippen molar-refractivity contribution in [1.29, 1.82) is 0 Å². The molecule has 3 heteroatoms. The summed E-state index contributed by atoms with van der Waals surface area (Å²) in [6.07, 6.45) is 1.57. The van der Waals surface area contributed by atoms with Gasteiger partial charge in [0.2, 0.25) is 0 Å². The summed E-state index contributed by atoms with van der Waals surface area (Å²) >= 11 is 0. The molecule has 0 amide bonds. The molecule has 2 N–H and O–H groups in total. The number of aromatic nitrogens is 2. The molecule has 1 atom stereocenters. The minimum atomic E-state index is 0.124. The molecule has 0 saturated carbocycles. The molecule has 0 spiro atoms. The second-order valence-corrected chi connectivity index (χ2v) is 5.69. The van der Waals surface area contributed by atoms with Crippen LogP contribution in [0.2, 0.25) is 0 Å². The van der Waals surface area contributed by atoms with Gasteiger partial charge in [0.15, 0.2) is 0 Å². The van der Waals surface area contributed by atoms with Crippen LogP contribution in [0.25, 0.3) is 0 Å². The fourth-order valence-corrected chi connectivity index (χ4v) is 2.31. The molecule has 3 nitrogen and oxygen atoms in total. The number of nitrogens with two attached hydrogens (primary N) is 1. The molecule has 0 aliphatic heterocycles. The first kappa shape index (κ1) is 14.7. The topological polar surface area (TPSA) is 51.8 Å². The van der Waals surface area contributed by atoms with E-state index in [2.05, 4.69) is 42.0 Å². The van der Waals surface area contributed by atoms with E-state index < -0.39 is 0 Å². The van der Waals surface area contributed by atoms with Crippen molar-refractivity contribution in [2.24, 2.45) is 5.73 Å². The molecule has 0 radical (unpaired) electrons. The van der Waals surface area contributed by atoms with Gasteiger partial charge in [-0.05, 0) is 50.5 Å². The Hall–Kier alpha value is -1.74. The lowest BCUT2D eigenvalue weighted by molar-refractivity contribution is 0.711. The summed E-state index contributed by atoms with van der Waals surface area (Å²) in [4.78, 5) is 9.17. The lowest BCUT2D eigenvalue weighted by atomic mass is 10.0. The molecule has 0 fully saturated rings. The zero-order valence-corrected chi connectivity index (χ0v) is 12.8. The standard InChI is InChI=1S/C17H23N3/c1-11-5-6-15(7-12(11)2)10-17-19-14(4)9-16(20-17)8-13(3)18/h5-7,9,13H,8,10,18H2,1-4H3. The molecular formula is C17H23N3. The van der Waals surface area contributed by atoms with E-state index >= 15 is 0 Å². The number of hydrogen-bond donors (Lipinski definition) is 1. The van der Waals surface area contributed by atoms with Gasteiger partial charge in [0.05, 0.1) is 0 Å². The first-order valence-corrected chi connectivity index (χ1v) is 7.09. The summed E-state index contributed by atoms with van der Waals surface area (Å²) in [6.45, 7) is 8.27. The van der Waals surface area contributed by atoms with Gasteiger partial charge in [-0.1, -0.05) is 18.2 Å². The first-order chi connectivity index (χ1) is 9.44. The average Bonchev–Trinajstić information content (AvgIpc) is 2.32. The van der Waals surface area contributed by atoms with Crippen LogP contribution in [0.1, 0.15) is 40.8 Å². The Bertz CT molecular complexity index is 603. The van der Waals surface area contributed by atoms with Crippen LogP contribution in [0, 0.1) is 20.8 Å². The van der Waals surface area contributed by atoms with E-state index in [1.165, 1.54) is 16.7 Å². The zero-order valence-electron chi connectivity index (χ0n) is 12.8. The molecule has 1 heterocycles. The summed E-state index contributed by atoms with van der Waals surface area (Å²) in [6, 6.07) is 8.67. The maximum Gasteiger partial charge on any atom is 0.133 e. The zero-order chi connectivity index (χ0) is 14.7. The smallest absolute Gasteiger partial charge is 0.133 e. The van der Waals surface area contributed by atoms with E-state index in [0.29, 0.717) is 0 Å². The fraction of sp³-hybridized carbons (Fsp3) is 0.412. The van der Waals surface area contributed by atoms with Crippen molar-refractivity contribution in [3.05, 3.63) is 58.2 Å².